The van der Waals surface area contributed by atoms with Crippen LogP contribution in [0, 0.1) is 51.8 Å². The molecular formula is C30H56N2. The van der Waals surface area contributed by atoms with Gasteiger partial charge >= 0.3 is 0 Å². The fourth-order valence-electron chi connectivity index (χ4n) is 10.6. The molecule has 32 heavy (non-hydrogen) atoms. The van der Waals surface area contributed by atoms with E-state index in [2.05, 4.69) is 65.8 Å². The standard InChI is InChI=1S/C30H56N2/c1-9-16-28(4)18-19-30(10-2)23(20-28)11-12-24-26-14-13-25(22(3)21-32(8)31(6)7)29(26,5)17-15-27(24)30/h22-27H,9-21H2,1-8H3/t22-,23?,24?,25-,26?,27?,28+,29?,30?/m1/s1. The molecule has 0 spiro atoms. The lowest BCUT2D eigenvalue weighted by Crippen LogP contribution is -2.55. The molecule has 186 valence electrons. The second-order valence-electron chi connectivity index (χ2n) is 13.9. The summed E-state index contributed by atoms with van der Waals surface area (Å²) in [6, 6.07) is 0. The van der Waals surface area contributed by atoms with Crippen molar-refractivity contribution < 1.29 is 0 Å². The van der Waals surface area contributed by atoms with Crippen molar-refractivity contribution in [2.75, 3.05) is 27.7 Å². The van der Waals surface area contributed by atoms with Crippen LogP contribution in [0.25, 0.3) is 0 Å². The lowest BCUT2D eigenvalue weighted by molar-refractivity contribution is -0.143. The quantitative estimate of drug-likeness (QED) is 0.368. The Labute approximate surface area is 201 Å². The van der Waals surface area contributed by atoms with Gasteiger partial charge in [0.2, 0.25) is 0 Å². The maximum absolute atomic E-state index is 2.74. The highest BCUT2D eigenvalue weighted by atomic mass is 15.6. The molecule has 2 nitrogen and oxygen atoms in total. The highest BCUT2D eigenvalue weighted by molar-refractivity contribution is 5.11. The van der Waals surface area contributed by atoms with Crippen molar-refractivity contribution in [3.8, 4) is 0 Å². The van der Waals surface area contributed by atoms with E-state index in [1.807, 2.05) is 0 Å². The SMILES string of the molecule is CCC[C@@]1(C)CCC2(CC)C(CCC3C2CCC2(C)C3CC[C@@H]2[C@H](C)CN(C)N(C)C)C1. The van der Waals surface area contributed by atoms with E-state index in [9.17, 15) is 0 Å². The summed E-state index contributed by atoms with van der Waals surface area (Å²) >= 11 is 0. The Morgan fingerprint density at radius 1 is 0.875 bits per heavy atom. The van der Waals surface area contributed by atoms with Crippen molar-refractivity contribution in [3.05, 3.63) is 0 Å². The largest absolute Gasteiger partial charge is 0.248 e. The summed E-state index contributed by atoms with van der Waals surface area (Å²) < 4.78 is 0. The Balaban J connectivity index is 1.52. The van der Waals surface area contributed by atoms with Gasteiger partial charge in [0.1, 0.15) is 0 Å². The van der Waals surface area contributed by atoms with Crippen LogP contribution in [0.2, 0.25) is 0 Å². The Hall–Kier alpha value is -0.0800. The predicted molar refractivity (Wildman–Crippen MR) is 138 cm³/mol. The van der Waals surface area contributed by atoms with Crippen molar-refractivity contribution in [1.82, 2.24) is 10.0 Å². The van der Waals surface area contributed by atoms with Gasteiger partial charge in [0.25, 0.3) is 0 Å². The van der Waals surface area contributed by atoms with E-state index in [0.717, 1.165) is 35.5 Å². The predicted octanol–water partition coefficient (Wildman–Crippen LogP) is 7.89. The van der Waals surface area contributed by atoms with Crippen LogP contribution >= 0.6 is 0 Å². The summed E-state index contributed by atoms with van der Waals surface area (Å²) in [6.07, 6.45) is 18.0. The molecular weight excluding hydrogens is 388 g/mol. The highest BCUT2D eigenvalue weighted by Gasteiger charge is 2.62. The van der Waals surface area contributed by atoms with Crippen molar-refractivity contribution in [1.29, 1.82) is 0 Å². The lowest BCUT2D eigenvalue weighted by Gasteiger charge is -2.63. The molecule has 0 N–H and O–H groups in total. The summed E-state index contributed by atoms with van der Waals surface area (Å²) in [5.74, 6) is 5.82. The van der Waals surface area contributed by atoms with Gasteiger partial charge in [0, 0.05) is 27.7 Å². The van der Waals surface area contributed by atoms with Crippen molar-refractivity contribution in [2.24, 2.45) is 51.8 Å². The van der Waals surface area contributed by atoms with Crippen LogP contribution in [-0.2, 0) is 0 Å². The molecule has 0 heterocycles. The van der Waals surface area contributed by atoms with Crippen LogP contribution in [-0.4, -0.2) is 37.7 Å². The minimum Gasteiger partial charge on any atom is -0.248 e. The molecule has 4 aliphatic rings. The smallest absolute Gasteiger partial charge is 0.0158 e. The van der Waals surface area contributed by atoms with E-state index in [0.29, 0.717) is 16.2 Å². The number of hydrogen-bond donors (Lipinski definition) is 0. The number of hydrogen-bond acceptors (Lipinski definition) is 2. The van der Waals surface area contributed by atoms with Crippen molar-refractivity contribution in [3.63, 3.8) is 0 Å². The Bertz CT molecular complexity index is 645. The van der Waals surface area contributed by atoms with Gasteiger partial charge in [-0.1, -0.05) is 41.0 Å². The molecule has 9 atom stereocenters. The minimum absolute atomic E-state index is 0.598. The molecule has 0 amide bonds. The Morgan fingerprint density at radius 2 is 1.62 bits per heavy atom. The average molecular weight is 445 g/mol. The fourth-order valence-corrected chi connectivity index (χ4v) is 10.6. The summed E-state index contributed by atoms with van der Waals surface area (Å²) in [4.78, 5) is 0. The molecule has 0 radical (unpaired) electrons. The molecule has 2 heteroatoms. The normalized spacial score (nSPS) is 47.2. The summed E-state index contributed by atoms with van der Waals surface area (Å²) in [5.41, 5.74) is 1.92. The first-order valence-electron chi connectivity index (χ1n) is 14.5. The zero-order chi connectivity index (χ0) is 23.3. The zero-order valence-electron chi connectivity index (χ0n) is 23.1. The topological polar surface area (TPSA) is 6.48 Å². The number of rotatable bonds is 7. The molecule has 0 aromatic carbocycles. The van der Waals surface area contributed by atoms with Crippen molar-refractivity contribution in [2.45, 2.75) is 112 Å². The van der Waals surface area contributed by atoms with Gasteiger partial charge in [-0.05, 0) is 122 Å². The third kappa shape index (κ3) is 4.02. The molecule has 0 aromatic rings. The minimum atomic E-state index is 0.598. The highest BCUT2D eigenvalue weighted by Crippen LogP contribution is 2.70. The van der Waals surface area contributed by atoms with Crippen LogP contribution in [0.3, 0.4) is 0 Å². The monoisotopic (exact) mass is 444 g/mol. The lowest BCUT2D eigenvalue weighted by atomic mass is 9.41. The number of fused-ring (bicyclic) bond motifs is 5. The van der Waals surface area contributed by atoms with E-state index < -0.39 is 0 Å². The van der Waals surface area contributed by atoms with Crippen LogP contribution in [0.1, 0.15) is 112 Å². The maximum Gasteiger partial charge on any atom is 0.0158 e. The van der Waals surface area contributed by atoms with E-state index >= 15 is 0 Å². The van der Waals surface area contributed by atoms with E-state index in [4.69, 9.17) is 0 Å². The van der Waals surface area contributed by atoms with Gasteiger partial charge in [-0.2, -0.15) is 0 Å². The van der Waals surface area contributed by atoms with Gasteiger partial charge in [0.15, 0.2) is 0 Å². The summed E-state index contributed by atoms with van der Waals surface area (Å²) in [6.45, 7) is 14.1. The van der Waals surface area contributed by atoms with Crippen LogP contribution < -0.4 is 0 Å². The maximum atomic E-state index is 2.74. The van der Waals surface area contributed by atoms with Gasteiger partial charge in [-0.25, -0.2) is 10.0 Å². The molecule has 0 aliphatic heterocycles. The molecule has 0 aromatic heterocycles. The zero-order valence-corrected chi connectivity index (χ0v) is 23.1. The van der Waals surface area contributed by atoms with Crippen LogP contribution in [0.4, 0.5) is 0 Å². The van der Waals surface area contributed by atoms with Gasteiger partial charge in [-0.3, -0.25) is 0 Å². The molecule has 0 bridgehead atoms. The second kappa shape index (κ2) is 9.18. The first-order chi connectivity index (χ1) is 15.1. The molecule has 4 fully saturated rings. The van der Waals surface area contributed by atoms with Gasteiger partial charge in [-0.15, -0.1) is 0 Å². The van der Waals surface area contributed by atoms with Gasteiger partial charge in [0.05, 0.1) is 0 Å². The summed E-state index contributed by atoms with van der Waals surface area (Å²) in [5, 5.41) is 4.70. The Kier molecular flexibility index (Phi) is 7.18. The molecule has 6 unspecified atom stereocenters. The molecule has 4 aliphatic carbocycles. The number of hydrazine groups is 1. The molecule has 0 saturated heterocycles. The number of nitrogens with zero attached hydrogens (tertiary/aromatic N) is 2. The first-order valence-corrected chi connectivity index (χ1v) is 14.5. The molecule has 4 rings (SSSR count). The van der Waals surface area contributed by atoms with Gasteiger partial charge < -0.3 is 0 Å². The van der Waals surface area contributed by atoms with E-state index in [1.165, 1.54) is 57.9 Å². The third-order valence-electron chi connectivity index (χ3n) is 12.3. The average Bonchev–Trinajstić information content (AvgIpc) is 3.10. The van der Waals surface area contributed by atoms with Crippen LogP contribution in [0.15, 0.2) is 0 Å². The summed E-state index contributed by atoms with van der Waals surface area (Å²) in [7, 11) is 6.65. The van der Waals surface area contributed by atoms with Crippen molar-refractivity contribution >= 4 is 0 Å². The Morgan fingerprint density at radius 3 is 2.28 bits per heavy atom. The van der Waals surface area contributed by atoms with E-state index in [1.54, 1.807) is 25.7 Å². The third-order valence-corrected chi connectivity index (χ3v) is 12.3. The molecule has 4 saturated carbocycles. The second-order valence-corrected chi connectivity index (χ2v) is 13.9. The first kappa shape index (κ1) is 25.0. The van der Waals surface area contributed by atoms with E-state index in [-0.39, 0.29) is 0 Å². The van der Waals surface area contributed by atoms with Crippen LogP contribution in [0.5, 0.6) is 0 Å². The fraction of sp³-hybridized carbons (Fsp3) is 1.00.